The summed E-state index contributed by atoms with van der Waals surface area (Å²) in [5.41, 5.74) is 2.85. The Morgan fingerprint density at radius 3 is 2.33 bits per heavy atom. The Balaban J connectivity index is 2.41. The normalized spacial score (nSPS) is 25.3. The van der Waals surface area contributed by atoms with Crippen molar-refractivity contribution in [2.24, 2.45) is 4.99 Å². The lowest BCUT2D eigenvalue weighted by Crippen LogP contribution is -2.19. The molecule has 0 aromatic carbocycles. The zero-order chi connectivity index (χ0) is 3.98. The van der Waals surface area contributed by atoms with Crippen LogP contribution in [0.3, 0.4) is 0 Å². The average Bonchev–Trinajstić information content (AvgIpc) is 1.54. The first-order chi connectivity index (χ1) is 2.97. The molecular weight excluding hydrogens is 74.1 g/mol. The van der Waals surface area contributed by atoms with Crippen molar-refractivity contribution in [2.75, 3.05) is 0 Å². The van der Waals surface area contributed by atoms with Crippen LogP contribution in [0, 0.1) is 0 Å². The average molecular weight is 79.1 g/mol. The van der Waals surface area contributed by atoms with Crippen molar-refractivity contribution in [1.29, 1.82) is 0 Å². The molecule has 1 heterocycles. The maximum Gasteiger partial charge on any atom is 0.0454 e. The van der Waals surface area contributed by atoms with Gasteiger partial charge in [-0.3, -0.25) is 4.99 Å². The molecule has 0 amide bonds. The highest BCUT2D eigenvalue weighted by atomic mass is 14.8. The molecule has 1 saturated carbocycles. The maximum absolute atomic E-state index is 3.99. The second kappa shape index (κ2) is 0.579. The van der Waals surface area contributed by atoms with E-state index in [1.54, 1.807) is 0 Å². The molecule has 2 aliphatic rings. The number of nitrogens with zero attached hydrogens (tertiary/aromatic N) is 1. The molecule has 30 valence electrons. The Kier molecular flexibility index (Phi) is 0.247. The van der Waals surface area contributed by atoms with Gasteiger partial charge in [-0.2, -0.15) is 0 Å². The Morgan fingerprint density at radius 2 is 2.33 bits per heavy atom. The fourth-order valence-corrected chi connectivity index (χ4v) is 0.757. The Labute approximate surface area is 36.4 Å². The summed E-state index contributed by atoms with van der Waals surface area (Å²) >= 11 is 0. The summed E-state index contributed by atoms with van der Waals surface area (Å²) in [5.74, 6) is 0. The van der Waals surface area contributed by atoms with Gasteiger partial charge in [0.2, 0.25) is 0 Å². The molecule has 1 nitrogen and oxygen atoms in total. The first-order valence-corrected chi connectivity index (χ1v) is 2.23. The predicted octanol–water partition coefficient (Wildman–Crippen LogP) is 1.12. The van der Waals surface area contributed by atoms with E-state index < -0.39 is 0 Å². The maximum atomic E-state index is 3.99. The molecule has 1 aliphatic heterocycles. The molecule has 0 aromatic rings. The van der Waals surface area contributed by atoms with E-state index in [4.69, 9.17) is 0 Å². The van der Waals surface area contributed by atoms with Crippen molar-refractivity contribution in [3.63, 3.8) is 0 Å². The number of allylic oxidation sites excluding steroid dienone is 1. The SMILES string of the molecule is C1=C2CCC2=N1. The van der Waals surface area contributed by atoms with Gasteiger partial charge < -0.3 is 0 Å². The monoisotopic (exact) mass is 79.0 g/mol. The topological polar surface area (TPSA) is 12.4 Å². The van der Waals surface area contributed by atoms with Gasteiger partial charge in [-0.05, 0) is 18.4 Å². The Hall–Kier alpha value is -0.590. The van der Waals surface area contributed by atoms with E-state index in [2.05, 4.69) is 4.99 Å². The van der Waals surface area contributed by atoms with E-state index >= 15 is 0 Å². The lowest BCUT2D eigenvalue weighted by atomic mass is 9.87. The number of hydrogen-bond donors (Lipinski definition) is 0. The van der Waals surface area contributed by atoms with E-state index in [1.165, 1.54) is 24.1 Å². The number of fused-ring (bicyclic) bond motifs is 1. The van der Waals surface area contributed by atoms with Gasteiger partial charge in [0.1, 0.15) is 0 Å². The van der Waals surface area contributed by atoms with Gasteiger partial charge in [0.05, 0.1) is 0 Å². The van der Waals surface area contributed by atoms with Crippen molar-refractivity contribution >= 4 is 5.71 Å². The quantitative estimate of drug-likeness (QED) is 0.412. The summed E-state index contributed by atoms with van der Waals surface area (Å²) in [6.45, 7) is 0. The molecule has 0 radical (unpaired) electrons. The van der Waals surface area contributed by atoms with Crippen LogP contribution in [0.25, 0.3) is 0 Å². The van der Waals surface area contributed by atoms with E-state index in [0.717, 1.165) is 0 Å². The van der Waals surface area contributed by atoms with Crippen molar-refractivity contribution in [3.8, 4) is 0 Å². The van der Waals surface area contributed by atoms with Crippen LogP contribution in [0.15, 0.2) is 16.8 Å². The van der Waals surface area contributed by atoms with E-state index in [1.807, 2.05) is 6.20 Å². The van der Waals surface area contributed by atoms with Gasteiger partial charge >= 0.3 is 0 Å². The second-order valence-corrected chi connectivity index (χ2v) is 1.73. The molecule has 0 N–H and O–H groups in total. The smallest absolute Gasteiger partial charge is 0.0454 e. The van der Waals surface area contributed by atoms with Crippen molar-refractivity contribution < 1.29 is 0 Å². The minimum atomic E-state index is 1.24. The standard InChI is InChI=1S/C5H5N/c1-2-5-4(1)3-6-5/h3H,1-2H2. The highest BCUT2D eigenvalue weighted by Crippen LogP contribution is 2.28. The molecule has 6 heavy (non-hydrogen) atoms. The fourth-order valence-electron chi connectivity index (χ4n) is 0.757. The highest BCUT2D eigenvalue weighted by Gasteiger charge is 2.22. The van der Waals surface area contributed by atoms with Crippen molar-refractivity contribution in [1.82, 2.24) is 0 Å². The van der Waals surface area contributed by atoms with Gasteiger partial charge in [-0.25, -0.2) is 0 Å². The lowest BCUT2D eigenvalue weighted by molar-refractivity contribution is 0.918. The van der Waals surface area contributed by atoms with Gasteiger partial charge in [0, 0.05) is 11.9 Å². The zero-order valence-electron chi connectivity index (χ0n) is 3.44. The molecule has 0 unspecified atom stereocenters. The zero-order valence-corrected chi connectivity index (χ0v) is 3.44. The van der Waals surface area contributed by atoms with Crippen molar-refractivity contribution in [2.45, 2.75) is 12.8 Å². The van der Waals surface area contributed by atoms with Crippen LogP contribution >= 0.6 is 0 Å². The first-order valence-electron chi connectivity index (χ1n) is 2.23. The summed E-state index contributed by atoms with van der Waals surface area (Å²) in [6, 6.07) is 0. The Morgan fingerprint density at radius 1 is 1.50 bits per heavy atom. The van der Waals surface area contributed by atoms with Gasteiger partial charge in [-0.15, -0.1) is 0 Å². The van der Waals surface area contributed by atoms with Crippen LogP contribution in [-0.2, 0) is 0 Å². The van der Waals surface area contributed by atoms with Crippen molar-refractivity contribution in [3.05, 3.63) is 11.8 Å². The van der Waals surface area contributed by atoms with E-state index in [0.29, 0.717) is 0 Å². The summed E-state index contributed by atoms with van der Waals surface area (Å²) in [4.78, 5) is 3.99. The Bertz CT molecular complexity index is 124. The van der Waals surface area contributed by atoms with Crippen LogP contribution < -0.4 is 0 Å². The van der Waals surface area contributed by atoms with Gasteiger partial charge in [0.25, 0.3) is 0 Å². The summed E-state index contributed by atoms with van der Waals surface area (Å²) in [6.07, 6.45) is 4.49. The van der Waals surface area contributed by atoms with Crippen LogP contribution in [0.4, 0.5) is 0 Å². The second-order valence-electron chi connectivity index (χ2n) is 1.73. The molecule has 0 saturated heterocycles. The summed E-state index contributed by atoms with van der Waals surface area (Å²) in [5, 5.41) is 0. The highest BCUT2D eigenvalue weighted by molar-refractivity contribution is 6.10. The molecule has 0 spiro atoms. The molecule has 1 aliphatic carbocycles. The minimum Gasteiger partial charge on any atom is -0.261 e. The number of hydrogen-bond acceptors (Lipinski definition) is 1. The minimum absolute atomic E-state index is 1.24. The van der Waals surface area contributed by atoms with E-state index in [9.17, 15) is 0 Å². The first kappa shape index (κ1) is 2.56. The third-order valence-electron chi connectivity index (χ3n) is 1.38. The predicted molar refractivity (Wildman–Crippen MR) is 24.8 cm³/mol. The van der Waals surface area contributed by atoms with Gasteiger partial charge in [0.15, 0.2) is 0 Å². The lowest BCUT2D eigenvalue weighted by Gasteiger charge is -2.24. The third kappa shape index (κ3) is 0.110. The molecular formula is C5H5N. The third-order valence-corrected chi connectivity index (χ3v) is 1.38. The van der Waals surface area contributed by atoms with Crippen LogP contribution in [0.1, 0.15) is 12.8 Å². The largest absolute Gasteiger partial charge is 0.261 e. The number of rotatable bonds is 0. The molecule has 0 atom stereocenters. The molecule has 1 heteroatoms. The summed E-state index contributed by atoms with van der Waals surface area (Å²) < 4.78 is 0. The molecule has 0 bridgehead atoms. The van der Waals surface area contributed by atoms with Crippen LogP contribution in [0.5, 0.6) is 0 Å². The fraction of sp³-hybridized carbons (Fsp3) is 0.400. The van der Waals surface area contributed by atoms with E-state index in [-0.39, 0.29) is 0 Å². The molecule has 2 rings (SSSR count). The molecule has 0 aromatic heterocycles. The number of aliphatic imine (C=N–C) groups is 1. The van der Waals surface area contributed by atoms with Crippen LogP contribution in [0.2, 0.25) is 0 Å². The summed E-state index contributed by atoms with van der Waals surface area (Å²) in [7, 11) is 0. The van der Waals surface area contributed by atoms with Crippen LogP contribution in [-0.4, -0.2) is 5.71 Å². The van der Waals surface area contributed by atoms with Gasteiger partial charge in [-0.1, -0.05) is 0 Å². The molecule has 1 fully saturated rings.